The Morgan fingerprint density at radius 1 is 1.53 bits per heavy atom. The molecule has 2 heterocycles. The lowest BCUT2D eigenvalue weighted by atomic mass is 10.0. The molecule has 1 atom stereocenters. The highest BCUT2D eigenvalue weighted by Gasteiger charge is 2.40. The summed E-state index contributed by atoms with van der Waals surface area (Å²) in [5.41, 5.74) is 0. The minimum atomic E-state index is -2.71. The van der Waals surface area contributed by atoms with Crippen molar-refractivity contribution >= 4 is 17.8 Å². The summed E-state index contributed by atoms with van der Waals surface area (Å²) in [4.78, 5) is 0. The van der Waals surface area contributed by atoms with Gasteiger partial charge in [-0.3, -0.25) is 0 Å². The van der Waals surface area contributed by atoms with Crippen molar-refractivity contribution in [2.24, 2.45) is 0 Å². The van der Waals surface area contributed by atoms with Crippen molar-refractivity contribution in [3.8, 4) is 0 Å². The maximum atomic E-state index is 12.1. The highest BCUT2D eigenvalue weighted by molar-refractivity contribution is 8.02. The van der Waals surface area contributed by atoms with Gasteiger partial charge in [-0.05, 0) is 13.8 Å². The number of rotatable bonds is 3. The Balaban J connectivity index is 1.99. The Morgan fingerprint density at radius 2 is 2.27 bits per heavy atom. The van der Waals surface area contributed by atoms with Crippen LogP contribution in [0.1, 0.15) is 26.2 Å². The van der Waals surface area contributed by atoms with Crippen LogP contribution in [0.4, 0.5) is 14.8 Å². The fourth-order valence-electron chi connectivity index (χ4n) is 1.25. The van der Waals surface area contributed by atoms with Gasteiger partial charge >= 0.3 is 12.4 Å². The van der Waals surface area contributed by atoms with Gasteiger partial charge in [0, 0.05) is 10.5 Å². The lowest BCUT2D eigenvalue weighted by molar-refractivity contribution is 0.116. The van der Waals surface area contributed by atoms with Gasteiger partial charge in [0.25, 0.3) is 5.89 Å². The zero-order valence-corrected chi connectivity index (χ0v) is 9.15. The maximum absolute atomic E-state index is 12.1. The molecule has 0 spiro atoms. The number of alkyl halides is 2. The number of hydrogen-bond donors (Lipinski definition) is 1. The molecule has 0 radical (unpaired) electrons. The molecule has 0 aromatic carbocycles. The molecule has 0 amide bonds. The van der Waals surface area contributed by atoms with Crippen LogP contribution in [0.3, 0.4) is 0 Å². The van der Waals surface area contributed by atoms with E-state index in [0.717, 1.165) is 5.75 Å². The average molecular weight is 235 g/mol. The van der Waals surface area contributed by atoms with Gasteiger partial charge in [0.05, 0.1) is 6.04 Å². The first-order valence-corrected chi connectivity index (χ1v) is 5.49. The van der Waals surface area contributed by atoms with Crippen molar-refractivity contribution in [3.63, 3.8) is 0 Å². The van der Waals surface area contributed by atoms with Crippen molar-refractivity contribution in [1.29, 1.82) is 0 Å². The van der Waals surface area contributed by atoms with Crippen LogP contribution in [-0.2, 0) is 0 Å². The lowest BCUT2D eigenvalue weighted by Crippen LogP contribution is -2.50. The molecular weight excluding hydrogens is 224 g/mol. The molecule has 1 aliphatic heterocycles. The summed E-state index contributed by atoms with van der Waals surface area (Å²) in [6, 6.07) is 0.261. The van der Waals surface area contributed by atoms with E-state index in [1.807, 2.05) is 0 Å². The van der Waals surface area contributed by atoms with Gasteiger partial charge < -0.3 is 9.73 Å². The van der Waals surface area contributed by atoms with Crippen LogP contribution in [0, 0.1) is 0 Å². The van der Waals surface area contributed by atoms with E-state index >= 15 is 0 Å². The van der Waals surface area contributed by atoms with Crippen LogP contribution >= 0.6 is 11.8 Å². The number of hydrogen-bond acceptors (Lipinski definition) is 5. The summed E-state index contributed by atoms with van der Waals surface area (Å²) in [6.45, 7) is 4.15. The topological polar surface area (TPSA) is 51.0 Å². The molecule has 0 saturated carbocycles. The van der Waals surface area contributed by atoms with Gasteiger partial charge in [0.15, 0.2) is 0 Å². The number of nitrogens with one attached hydrogen (secondary N) is 1. The second kappa shape index (κ2) is 3.62. The number of aromatic nitrogens is 2. The Morgan fingerprint density at radius 3 is 2.67 bits per heavy atom. The van der Waals surface area contributed by atoms with Crippen molar-refractivity contribution in [3.05, 3.63) is 5.89 Å². The molecule has 1 aliphatic rings. The molecule has 1 N–H and O–H groups in total. The van der Waals surface area contributed by atoms with Crippen LogP contribution in [0.2, 0.25) is 0 Å². The Kier molecular flexibility index (Phi) is 2.57. The van der Waals surface area contributed by atoms with Gasteiger partial charge in [0.2, 0.25) is 0 Å². The van der Waals surface area contributed by atoms with Crippen molar-refractivity contribution in [2.75, 3.05) is 11.1 Å². The Bertz CT molecular complexity index is 355. The van der Waals surface area contributed by atoms with Gasteiger partial charge in [-0.15, -0.1) is 5.10 Å². The fourth-order valence-corrected chi connectivity index (χ4v) is 2.39. The van der Waals surface area contributed by atoms with Crippen LogP contribution in [0.15, 0.2) is 4.42 Å². The molecule has 2 rings (SSSR count). The van der Waals surface area contributed by atoms with Gasteiger partial charge in [0.1, 0.15) is 0 Å². The molecule has 1 unspecified atom stereocenters. The summed E-state index contributed by atoms with van der Waals surface area (Å²) in [7, 11) is 0. The Labute approximate surface area is 89.8 Å². The van der Waals surface area contributed by atoms with Gasteiger partial charge in [-0.1, -0.05) is 5.10 Å². The zero-order valence-electron chi connectivity index (χ0n) is 8.33. The summed E-state index contributed by atoms with van der Waals surface area (Å²) in [5, 5.41) is 9.70. The molecule has 1 saturated heterocycles. The lowest BCUT2D eigenvalue weighted by Gasteiger charge is -2.43. The average Bonchev–Trinajstić information content (AvgIpc) is 2.61. The summed E-state index contributed by atoms with van der Waals surface area (Å²) < 4.78 is 29.1. The molecule has 84 valence electrons. The van der Waals surface area contributed by atoms with Crippen molar-refractivity contribution in [2.45, 2.75) is 31.1 Å². The molecule has 1 fully saturated rings. The predicted molar refractivity (Wildman–Crippen MR) is 53.2 cm³/mol. The molecule has 4 nitrogen and oxygen atoms in total. The van der Waals surface area contributed by atoms with E-state index < -0.39 is 12.3 Å². The smallest absolute Gasteiger partial charge is 0.315 e. The third-order valence-corrected chi connectivity index (χ3v) is 3.91. The first-order valence-electron chi connectivity index (χ1n) is 4.51. The van der Waals surface area contributed by atoms with E-state index in [1.54, 1.807) is 11.8 Å². The van der Waals surface area contributed by atoms with Crippen molar-refractivity contribution < 1.29 is 13.2 Å². The molecule has 15 heavy (non-hydrogen) atoms. The molecule has 1 aromatic heterocycles. The third kappa shape index (κ3) is 2.06. The maximum Gasteiger partial charge on any atom is 0.315 e. The van der Waals surface area contributed by atoms with E-state index in [-0.39, 0.29) is 16.8 Å². The summed E-state index contributed by atoms with van der Waals surface area (Å²) in [5.74, 6) is 0.279. The largest absolute Gasteiger partial charge is 0.402 e. The summed E-state index contributed by atoms with van der Waals surface area (Å²) >= 11 is 1.80. The molecule has 7 heteroatoms. The number of halogens is 2. The van der Waals surface area contributed by atoms with E-state index in [1.165, 1.54) is 0 Å². The first-order chi connectivity index (χ1) is 6.99. The first kappa shape index (κ1) is 10.7. The molecule has 1 aromatic rings. The molecular formula is C8H11F2N3OS. The number of nitrogens with zero attached hydrogens (tertiary/aromatic N) is 2. The Hall–Kier alpha value is -0.850. The second-order valence-corrected chi connectivity index (χ2v) is 5.53. The highest BCUT2D eigenvalue weighted by atomic mass is 32.2. The molecule has 0 bridgehead atoms. The highest BCUT2D eigenvalue weighted by Crippen LogP contribution is 2.41. The second-order valence-electron chi connectivity index (χ2n) is 3.86. The van der Waals surface area contributed by atoms with Crippen LogP contribution in [-0.4, -0.2) is 26.7 Å². The minimum Gasteiger partial charge on any atom is -0.402 e. The fraction of sp³-hybridized carbons (Fsp3) is 0.750. The monoisotopic (exact) mass is 235 g/mol. The minimum absolute atomic E-state index is 0.0728. The van der Waals surface area contributed by atoms with Crippen molar-refractivity contribution in [1.82, 2.24) is 10.2 Å². The van der Waals surface area contributed by atoms with Gasteiger partial charge in [-0.2, -0.15) is 20.5 Å². The third-order valence-electron chi connectivity index (χ3n) is 2.39. The van der Waals surface area contributed by atoms with E-state index in [0.29, 0.717) is 0 Å². The van der Waals surface area contributed by atoms with E-state index in [4.69, 9.17) is 4.42 Å². The van der Waals surface area contributed by atoms with E-state index in [2.05, 4.69) is 29.4 Å². The van der Waals surface area contributed by atoms with Crippen LogP contribution < -0.4 is 5.32 Å². The summed E-state index contributed by atoms with van der Waals surface area (Å²) in [6.07, 6.45) is -2.71. The zero-order chi connectivity index (χ0) is 11.1. The standard InChI is InChI=1S/C8H11F2N3OS/c1-8(2)4(3-15-8)11-7-13-12-6(14-7)5(9)10/h4-5H,3H2,1-2H3,(H,11,13). The predicted octanol–water partition coefficient (Wildman–Crippen LogP) is 2.31. The van der Waals surface area contributed by atoms with E-state index in [9.17, 15) is 8.78 Å². The SMILES string of the molecule is CC1(C)SCC1Nc1nnc(C(F)F)o1. The van der Waals surface area contributed by atoms with Crippen LogP contribution in [0.25, 0.3) is 0 Å². The van der Waals surface area contributed by atoms with Crippen LogP contribution in [0.5, 0.6) is 0 Å². The number of thioether (sulfide) groups is 1. The molecule has 0 aliphatic carbocycles. The number of anilines is 1. The van der Waals surface area contributed by atoms with Gasteiger partial charge in [-0.25, -0.2) is 0 Å². The quantitative estimate of drug-likeness (QED) is 0.871. The normalized spacial score (nSPS) is 23.9.